The Labute approximate surface area is 160 Å². The third-order valence-electron chi connectivity index (χ3n) is 4.63. The Balaban J connectivity index is 1.62. The minimum atomic E-state index is -0.364. The molecule has 0 bridgehead atoms. The van der Waals surface area contributed by atoms with Gasteiger partial charge in [0.1, 0.15) is 5.69 Å². The fourth-order valence-corrected chi connectivity index (χ4v) is 3.44. The lowest BCUT2D eigenvalue weighted by Crippen LogP contribution is -2.27. The SMILES string of the molecule is O=C(NC1CC1)c1nc(C(=O)Nc2ccc(Cl)c(Cl)c2)n2c1CCCC2. The summed E-state index contributed by atoms with van der Waals surface area (Å²) in [5.41, 5.74) is 1.74. The minimum absolute atomic E-state index is 0.188. The van der Waals surface area contributed by atoms with Crippen LogP contribution in [0.5, 0.6) is 0 Å². The van der Waals surface area contributed by atoms with Gasteiger partial charge in [0.2, 0.25) is 0 Å². The smallest absolute Gasteiger partial charge is 0.291 e. The molecule has 2 heterocycles. The van der Waals surface area contributed by atoms with Crippen LogP contribution in [0.25, 0.3) is 0 Å². The molecule has 2 aliphatic rings. The largest absolute Gasteiger partial charge is 0.348 e. The lowest BCUT2D eigenvalue weighted by Gasteiger charge is -2.17. The van der Waals surface area contributed by atoms with Crippen LogP contribution in [0.15, 0.2) is 18.2 Å². The zero-order valence-corrected chi connectivity index (χ0v) is 15.5. The molecule has 1 saturated carbocycles. The van der Waals surface area contributed by atoms with E-state index in [2.05, 4.69) is 15.6 Å². The van der Waals surface area contributed by atoms with Gasteiger partial charge in [-0.05, 0) is 50.3 Å². The standard InChI is InChI=1S/C18H18Cl2N4O2/c19-12-7-6-11(9-13(12)20)22-18(26)16-23-15(17(25)21-10-4-5-10)14-3-1-2-8-24(14)16/h6-7,9-10H,1-5,8H2,(H,21,25)(H,22,26). The van der Waals surface area contributed by atoms with Crippen molar-refractivity contribution < 1.29 is 9.59 Å². The molecule has 0 spiro atoms. The monoisotopic (exact) mass is 392 g/mol. The van der Waals surface area contributed by atoms with Crippen molar-refractivity contribution in [3.63, 3.8) is 0 Å². The second kappa shape index (κ2) is 6.93. The highest BCUT2D eigenvalue weighted by atomic mass is 35.5. The van der Waals surface area contributed by atoms with Gasteiger partial charge in [-0.1, -0.05) is 23.2 Å². The van der Waals surface area contributed by atoms with Gasteiger partial charge in [-0.25, -0.2) is 4.98 Å². The molecule has 8 heteroatoms. The lowest BCUT2D eigenvalue weighted by molar-refractivity contribution is 0.0945. The average molecular weight is 393 g/mol. The van der Waals surface area contributed by atoms with Crippen LogP contribution in [0.2, 0.25) is 10.0 Å². The van der Waals surface area contributed by atoms with Gasteiger partial charge in [-0.15, -0.1) is 0 Å². The maximum atomic E-state index is 12.8. The van der Waals surface area contributed by atoms with Crippen LogP contribution < -0.4 is 10.6 Å². The summed E-state index contributed by atoms with van der Waals surface area (Å²) >= 11 is 11.9. The predicted octanol–water partition coefficient (Wildman–Crippen LogP) is 3.67. The molecule has 1 fully saturated rings. The number of hydrogen-bond acceptors (Lipinski definition) is 3. The third-order valence-corrected chi connectivity index (χ3v) is 5.37. The van der Waals surface area contributed by atoms with E-state index in [9.17, 15) is 9.59 Å². The van der Waals surface area contributed by atoms with E-state index >= 15 is 0 Å². The molecule has 2 aromatic rings. The summed E-state index contributed by atoms with van der Waals surface area (Å²) in [4.78, 5) is 29.6. The minimum Gasteiger partial charge on any atom is -0.348 e. The van der Waals surface area contributed by atoms with Crippen LogP contribution in [0.1, 0.15) is 52.5 Å². The van der Waals surface area contributed by atoms with E-state index in [0.717, 1.165) is 37.8 Å². The van der Waals surface area contributed by atoms with Crippen molar-refractivity contribution in [2.75, 3.05) is 5.32 Å². The Hall–Kier alpha value is -2.05. The van der Waals surface area contributed by atoms with Crippen LogP contribution in [-0.4, -0.2) is 27.4 Å². The maximum Gasteiger partial charge on any atom is 0.291 e. The van der Waals surface area contributed by atoms with Crippen molar-refractivity contribution in [2.24, 2.45) is 0 Å². The van der Waals surface area contributed by atoms with E-state index in [1.807, 2.05) is 4.57 Å². The number of nitrogens with zero attached hydrogens (tertiary/aromatic N) is 2. The molecule has 6 nitrogen and oxygen atoms in total. The Morgan fingerprint density at radius 1 is 1.12 bits per heavy atom. The van der Waals surface area contributed by atoms with Gasteiger partial charge in [-0.3, -0.25) is 9.59 Å². The van der Waals surface area contributed by atoms with Gasteiger partial charge in [0.25, 0.3) is 11.8 Å². The first-order chi connectivity index (χ1) is 12.5. The molecule has 26 heavy (non-hydrogen) atoms. The number of rotatable bonds is 4. The Kier molecular flexibility index (Phi) is 4.63. The Bertz CT molecular complexity index is 890. The number of carbonyl (C=O) groups excluding carboxylic acids is 2. The molecule has 1 aliphatic heterocycles. The number of fused-ring (bicyclic) bond motifs is 1. The Morgan fingerprint density at radius 2 is 1.92 bits per heavy atom. The number of halogens is 2. The van der Waals surface area contributed by atoms with E-state index in [1.54, 1.807) is 18.2 Å². The summed E-state index contributed by atoms with van der Waals surface area (Å²) < 4.78 is 1.86. The van der Waals surface area contributed by atoms with E-state index in [0.29, 0.717) is 28.0 Å². The Morgan fingerprint density at radius 3 is 2.65 bits per heavy atom. The van der Waals surface area contributed by atoms with Gasteiger partial charge in [0, 0.05) is 18.3 Å². The molecule has 1 aromatic heterocycles. The number of benzene rings is 1. The number of anilines is 1. The molecule has 0 atom stereocenters. The van der Waals surface area contributed by atoms with Crippen LogP contribution in [-0.2, 0) is 13.0 Å². The third kappa shape index (κ3) is 3.44. The molecular formula is C18H18Cl2N4O2. The summed E-state index contributed by atoms with van der Waals surface area (Å²) in [6.45, 7) is 0.684. The fourth-order valence-electron chi connectivity index (χ4n) is 3.14. The van der Waals surface area contributed by atoms with Crippen LogP contribution in [0.4, 0.5) is 5.69 Å². The molecule has 0 unspecified atom stereocenters. The first-order valence-electron chi connectivity index (χ1n) is 8.69. The summed E-state index contributed by atoms with van der Waals surface area (Å²) in [5.74, 6) is -0.296. The van der Waals surface area contributed by atoms with E-state index in [1.165, 1.54) is 0 Å². The van der Waals surface area contributed by atoms with Crippen molar-refractivity contribution in [3.05, 3.63) is 45.5 Å². The topological polar surface area (TPSA) is 76.0 Å². The fraction of sp³-hybridized carbons (Fsp3) is 0.389. The highest BCUT2D eigenvalue weighted by Gasteiger charge is 2.30. The van der Waals surface area contributed by atoms with Gasteiger partial charge >= 0.3 is 0 Å². The summed E-state index contributed by atoms with van der Waals surface area (Å²) in [7, 11) is 0. The van der Waals surface area contributed by atoms with Crippen molar-refractivity contribution in [2.45, 2.75) is 44.7 Å². The molecular weight excluding hydrogens is 375 g/mol. The first kappa shape index (κ1) is 17.4. The second-order valence-corrected chi connectivity index (χ2v) is 7.48. The highest BCUT2D eigenvalue weighted by molar-refractivity contribution is 6.42. The van der Waals surface area contributed by atoms with Crippen LogP contribution in [0, 0.1) is 0 Å². The van der Waals surface area contributed by atoms with Gasteiger partial charge in [0.15, 0.2) is 5.82 Å². The lowest BCUT2D eigenvalue weighted by atomic mass is 10.1. The quantitative estimate of drug-likeness (QED) is 0.832. The second-order valence-electron chi connectivity index (χ2n) is 6.67. The predicted molar refractivity (Wildman–Crippen MR) is 100 cm³/mol. The number of hydrogen-bond donors (Lipinski definition) is 2. The zero-order valence-electron chi connectivity index (χ0n) is 14.0. The first-order valence-corrected chi connectivity index (χ1v) is 9.45. The van der Waals surface area contributed by atoms with Crippen molar-refractivity contribution >= 4 is 40.7 Å². The molecule has 2 amide bonds. The average Bonchev–Trinajstić information content (AvgIpc) is 3.34. The molecule has 4 rings (SSSR count). The highest BCUT2D eigenvalue weighted by Crippen LogP contribution is 2.27. The molecule has 2 N–H and O–H groups in total. The van der Waals surface area contributed by atoms with Crippen molar-refractivity contribution in [1.82, 2.24) is 14.9 Å². The van der Waals surface area contributed by atoms with Crippen LogP contribution in [0.3, 0.4) is 0 Å². The normalized spacial score (nSPS) is 16.1. The summed E-state index contributed by atoms with van der Waals surface area (Å²) in [6.07, 6.45) is 4.71. The van der Waals surface area contributed by atoms with Gasteiger partial charge in [0.05, 0.1) is 15.7 Å². The maximum absolute atomic E-state index is 12.8. The molecule has 136 valence electrons. The van der Waals surface area contributed by atoms with E-state index in [-0.39, 0.29) is 23.7 Å². The molecule has 1 aliphatic carbocycles. The number of carbonyl (C=O) groups is 2. The zero-order chi connectivity index (χ0) is 18.3. The van der Waals surface area contributed by atoms with Crippen molar-refractivity contribution in [3.8, 4) is 0 Å². The molecule has 1 aromatic carbocycles. The number of aromatic nitrogens is 2. The van der Waals surface area contributed by atoms with Crippen molar-refractivity contribution in [1.29, 1.82) is 0 Å². The van der Waals surface area contributed by atoms with Crippen LogP contribution >= 0.6 is 23.2 Å². The van der Waals surface area contributed by atoms with E-state index in [4.69, 9.17) is 23.2 Å². The number of nitrogens with one attached hydrogen (secondary N) is 2. The van der Waals surface area contributed by atoms with Gasteiger partial charge in [-0.2, -0.15) is 0 Å². The molecule has 0 radical (unpaired) electrons. The number of imidazole rings is 1. The molecule has 0 saturated heterocycles. The van der Waals surface area contributed by atoms with Gasteiger partial charge < -0.3 is 15.2 Å². The number of amides is 2. The summed E-state index contributed by atoms with van der Waals surface area (Å²) in [6, 6.07) is 5.13. The summed E-state index contributed by atoms with van der Waals surface area (Å²) in [5, 5.41) is 6.52. The van der Waals surface area contributed by atoms with E-state index < -0.39 is 0 Å².